The standard InChI is InChI=1S/C15H18N2O4S/c1-20-11-10-17-22(18,19)14-7-3-2-6-13(14)12-21-15-8-4-5-9-16-15/h2-9,17H,10-12H2,1H3. The molecule has 1 N–H and O–H groups in total. The van der Waals surface area contributed by atoms with Crippen molar-refractivity contribution in [2.45, 2.75) is 11.5 Å². The second kappa shape index (κ2) is 7.88. The maximum Gasteiger partial charge on any atom is 0.241 e. The minimum absolute atomic E-state index is 0.123. The molecule has 0 saturated carbocycles. The lowest BCUT2D eigenvalue weighted by atomic mass is 10.2. The lowest BCUT2D eigenvalue weighted by molar-refractivity contribution is 0.204. The summed E-state index contributed by atoms with van der Waals surface area (Å²) in [6, 6.07) is 12.0. The predicted octanol–water partition coefficient (Wildman–Crippen LogP) is 1.59. The van der Waals surface area contributed by atoms with Crippen molar-refractivity contribution in [3.63, 3.8) is 0 Å². The molecule has 1 aromatic heterocycles. The molecule has 0 amide bonds. The van der Waals surface area contributed by atoms with E-state index in [4.69, 9.17) is 9.47 Å². The maximum atomic E-state index is 12.3. The van der Waals surface area contributed by atoms with Crippen LogP contribution in [-0.2, 0) is 21.4 Å². The van der Waals surface area contributed by atoms with E-state index >= 15 is 0 Å². The first kappa shape index (κ1) is 16.4. The Morgan fingerprint density at radius 2 is 1.91 bits per heavy atom. The summed E-state index contributed by atoms with van der Waals surface area (Å²) in [7, 11) is -2.08. The molecule has 0 aliphatic rings. The number of benzene rings is 1. The van der Waals surface area contributed by atoms with Crippen molar-refractivity contribution in [3.8, 4) is 5.88 Å². The summed E-state index contributed by atoms with van der Waals surface area (Å²) in [5.41, 5.74) is 0.568. The van der Waals surface area contributed by atoms with Crippen molar-refractivity contribution in [1.29, 1.82) is 0 Å². The van der Waals surface area contributed by atoms with E-state index in [1.165, 1.54) is 7.11 Å². The van der Waals surface area contributed by atoms with Crippen molar-refractivity contribution >= 4 is 10.0 Å². The van der Waals surface area contributed by atoms with Gasteiger partial charge in [-0.15, -0.1) is 0 Å². The van der Waals surface area contributed by atoms with Gasteiger partial charge in [-0.1, -0.05) is 24.3 Å². The summed E-state index contributed by atoms with van der Waals surface area (Å²) in [6.45, 7) is 0.651. The molecule has 118 valence electrons. The Morgan fingerprint density at radius 3 is 2.64 bits per heavy atom. The highest BCUT2D eigenvalue weighted by atomic mass is 32.2. The molecule has 7 heteroatoms. The molecule has 2 rings (SSSR count). The van der Waals surface area contributed by atoms with Crippen molar-refractivity contribution in [2.24, 2.45) is 0 Å². The highest BCUT2D eigenvalue weighted by Crippen LogP contribution is 2.17. The van der Waals surface area contributed by atoms with Crippen LogP contribution in [0.15, 0.2) is 53.6 Å². The third-order valence-corrected chi connectivity index (χ3v) is 4.44. The van der Waals surface area contributed by atoms with Gasteiger partial charge in [-0.3, -0.25) is 0 Å². The number of ether oxygens (including phenoxy) is 2. The van der Waals surface area contributed by atoms with Gasteiger partial charge in [0.2, 0.25) is 15.9 Å². The first-order valence-corrected chi connectivity index (χ1v) is 8.22. The summed E-state index contributed by atoms with van der Waals surface area (Å²) >= 11 is 0. The minimum atomic E-state index is -3.60. The molecule has 1 heterocycles. The topological polar surface area (TPSA) is 77.5 Å². The fraction of sp³-hybridized carbons (Fsp3) is 0.267. The normalized spacial score (nSPS) is 11.3. The molecule has 6 nitrogen and oxygen atoms in total. The molecule has 0 saturated heterocycles. The third kappa shape index (κ3) is 4.52. The van der Waals surface area contributed by atoms with Crippen molar-refractivity contribution in [3.05, 3.63) is 54.2 Å². The van der Waals surface area contributed by atoms with Gasteiger partial charge < -0.3 is 9.47 Å². The zero-order chi connectivity index (χ0) is 15.8. The SMILES string of the molecule is COCCNS(=O)(=O)c1ccccc1COc1ccccn1. The number of hydrogen-bond acceptors (Lipinski definition) is 5. The summed E-state index contributed by atoms with van der Waals surface area (Å²) in [6.07, 6.45) is 1.62. The van der Waals surface area contributed by atoms with Crippen LogP contribution in [0.1, 0.15) is 5.56 Å². The Balaban J connectivity index is 2.12. The highest BCUT2D eigenvalue weighted by Gasteiger charge is 2.17. The van der Waals surface area contributed by atoms with Gasteiger partial charge in [0.15, 0.2) is 0 Å². The molecule has 0 spiro atoms. The fourth-order valence-electron chi connectivity index (χ4n) is 1.83. The lowest BCUT2D eigenvalue weighted by Gasteiger charge is -2.12. The van der Waals surface area contributed by atoms with E-state index in [0.29, 0.717) is 18.1 Å². The van der Waals surface area contributed by atoms with Crippen molar-refractivity contribution in [2.75, 3.05) is 20.3 Å². The second-order valence-corrected chi connectivity index (χ2v) is 6.19. The summed E-state index contributed by atoms with van der Waals surface area (Å²) in [4.78, 5) is 4.24. The van der Waals surface area contributed by atoms with Crippen LogP contribution in [0.3, 0.4) is 0 Å². The number of methoxy groups -OCH3 is 1. The van der Waals surface area contributed by atoms with Crippen LogP contribution in [0, 0.1) is 0 Å². The highest BCUT2D eigenvalue weighted by molar-refractivity contribution is 7.89. The molecule has 22 heavy (non-hydrogen) atoms. The lowest BCUT2D eigenvalue weighted by Crippen LogP contribution is -2.28. The Morgan fingerprint density at radius 1 is 1.14 bits per heavy atom. The van der Waals surface area contributed by atoms with E-state index in [9.17, 15) is 8.42 Å². The molecule has 0 aliphatic heterocycles. The van der Waals surface area contributed by atoms with Crippen LogP contribution in [0.2, 0.25) is 0 Å². The van der Waals surface area contributed by atoms with Crippen LogP contribution in [0.4, 0.5) is 0 Å². The van der Waals surface area contributed by atoms with Crippen LogP contribution in [0.25, 0.3) is 0 Å². The van der Waals surface area contributed by atoms with Gasteiger partial charge in [-0.2, -0.15) is 0 Å². The number of hydrogen-bond donors (Lipinski definition) is 1. The fourth-order valence-corrected chi connectivity index (χ4v) is 3.06. The Labute approximate surface area is 130 Å². The first-order chi connectivity index (χ1) is 10.6. The van der Waals surface area contributed by atoms with Crippen LogP contribution in [-0.4, -0.2) is 33.7 Å². The molecule has 0 fully saturated rings. The molecule has 2 aromatic rings. The molecule has 1 aromatic carbocycles. The maximum absolute atomic E-state index is 12.3. The molecular weight excluding hydrogens is 304 g/mol. The Hall–Kier alpha value is -1.96. The summed E-state index contributed by atoms with van der Waals surface area (Å²) in [5.74, 6) is 0.446. The van der Waals surface area contributed by atoms with E-state index in [1.807, 2.05) is 0 Å². The van der Waals surface area contributed by atoms with Crippen LogP contribution >= 0.6 is 0 Å². The van der Waals surface area contributed by atoms with E-state index < -0.39 is 10.0 Å². The van der Waals surface area contributed by atoms with Gasteiger partial charge in [0.05, 0.1) is 11.5 Å². The molecular formula is C15H18N2O4S. The molecule has 0 aliphatic carbocycles. The first-order valence-electron chi connectivity index (χ1n) is 6.74. The number of nitrogens with one attached hydrogen (secondary N) is 1. The molecule has 0 bridgehead atoms. The van der Waals surface area contributed by atoms with Crippen molar-refractivity contribution in [1.82, 2.24) is 9.71 Å². The zero-order valence-electron chi connectivity index (χ0n) is 12.2. The van der Waals surface area contributed by atoms with E-state index in [2.05, 4.69) is 9.71 Å². The third-order valence-electron chi connectivity index (χ3n) is 2.87. The van der Waals surface area contributed by atoms with Gasteiger partial charge in [-0.05, 0) is 12.1 Å². The second-order valence-electron chi connectivity index (χ2n) is 4.45. The Bertz CT molecular complexity index is 690. The average Bonchev–Trinajstić information content (AvgIpc) is 2.54. The van der Waals surface area contributed by atoms with E-state index in [0.717, 1.165) is 0 Å². The quantitative estimate of drug-likeness (QED) is 0.747. The summed E-state index contributed by atoms with van der Waals surface area (Å²) < 4.78 is 37.5. The predicted molar refractivity (Wildman–Crippen MR) is 82.1 cm³/mol. The van der Waals surface area contributed by atoms with E-state index in [-0.39, 0.29) is 18.0 Å². The summed E-state index contributed by atoms with van der Waals surface area (Å²) in [5, 5.41) is 0. The monoisotopic (exact) mass is 322 g/mol. The van der Waals surface area contributed by atoms with Crippen LogP contribution < -0.4 is 9.46 Å². The minimum Gasteiger partial charge on any atom is -0.473 e. The van der Waals surface area contributed by atoms with Gasteiger partial charge in [0.25, 0.3) is 0 Å². The van der Waals surface area contributed by atoms with Gasteiger partial charge in [0.1, 0.15) is 6.61 Å². The molecule has 0 unspecified atom stereocenters. The smallest absolute Gasteiger partial charge is 0.241 e. The number of aromatic nitrogens is 1. The van der Waals surface area contributed by atoms with Gasteiger partial charge >= 0.3 is 0 Å². The zero-order valence-corrected chi connectivity index (χ0v) is 13.0. The number of nitrogens with zero attached hydrogens (tertiary/aromatic N) is 1. The van der Waals surface area contributed by atoms with Crippen LogP contribution in [0.5, 0.6) is 5.88 Å². The van der Waals surface area contributed by atoms with E-state index in [1.54, 1.807) is 48.7 Å². The van der Waals surface area contributed by atoms with Gasteiger partial charge in [0, 0.05) is 31.5 Å². The van der Waals surface area contributed by atoms with Crippen molar-refractivity contribution < 1.29 is 17.9 Å². The largest absolute Gasteiger partial charge is 0.473 e. The number of sulfonamides is 1. The van der Waals surface area contributed by atoms with Gasteiger partial charge in [-0.25, -0.2) is 18.1 Å². The number of rotatable bonds is 8. The Kier molecular flexibility index (Phi) is 5.88. The average molecular weight is 322 g/mol. The molecule has 0 atom stereocenters. The molecule has 0 radical (unpaired) electrons. The number of pyridine rings is 1.